The van der Waals surface area contributed by atoms with Crippen molar-refractivity contribution in [3.05, 3.63) is 0 Å². The molecule has 1 unspecified atom stereocenters. The van der Waals surface area contributed by atoms with Crippen LogP contribution in [-0.4, -0.2) is 54.9 Å². The Balaban J connectivity index is 2.63. The van der Waals surface area contributed by atoms with E-state index in [9.17, 15) is 9.59 Å². The van der Waals surface area contributed by atoms with Gasteiger partial charge in [-0.1, -0.05) is 0 Å². The van der Waals surface area contributed by atoms with Crippen molar-refractivity contribution in [2.75, 3.05) is 32.2 Å². The van der Waals surface area contributed by atoms with Gasteiger partial charge in [0.25, 0.3) is 0 Å². The summed E-state index contributed by atoms with van der Waals surface area (Å²) in [5.74, 6) is 0.0258. The molecule has 0 bridgehead atoms. The van der Waals surface area contributed by atoms with Crippen LogP contribution in [0.5, 0.6) is 0 Å². The van der Waals surface area contributed by atoms with Crippen molar-refractivity contribution >= 4 is 23.4 Å². The zero-order valence-electron chi connectivity index (χ0n) is 9.37. The highest BCUT2D eigenvalue weighted by Crippen LogP contribution is 2.09. The summed E-state index contributed by atoms with van der Waals surface area (Å²) in [6, 6.07) is -0.510. The fraction of sp³-hybridized carbons (Fsp3) is 0.800. The van der Waals surface area contributed by atoms with Crippen molar-refractivity contribution in [3.8, 4) is 0 Å². The second kappa shape index (κ2) is 6.70. The first kappa shape index (κ1) is 13.3. The molecule has 1 rings (SSSR count). The highest BCUT2D eigenvalue weighted by atomic mass is 35.5. The van der Waals surface area contributed by atoms with E-state index in [4.69, 9.17) is 16.3 Å². The van der Waals surface area contributed by atoms with Gasteiger partial charge in [0.05, 0.1) is 13.2 Å². The number of ether oxygens (including phenoxy) is 1. The number of carbonyl (C=O) groups is 2. The van der Waals surface area contributed by atoms with Gasteiger partial charge in [-0.25, -0.2) is 0 Å². The first-order valence-electron chi connectivity index (χ1n) is 5.41. The highest BCUT2D eigenvalue weighted by molar-refractivity contribution is 6.19. The minimum atomic E-state index is -0.510. The maximum absolute atomic E-state index is 11.7. The molecule has 0 radical (unpaired) electrons. The normalized spacial score (nSPS) is 20.6. The lowest BCUT2D eigenvalue weighted by atomic mass is 10.2. The highest BCUT2D eigenvalue weighted by Gasteiger charge is 2.31. The Morgan fingerprint density at radius 2 is 2.31 bits per heavy atom. The van der Waals surface area contributed by atoms with E-state index in [-0.39, 0.29) is 30.7 Å². The van der Waals surface area contributed by atoms with E-state index in [1.54, 1.807) is 4.90 Å². The molecule has 1 N–H and O–H groups in total. The third-order valence-electron chi connectivity index (χ3n) is 2.41. The minimum Gasteiger partial charge on any atom is -0.377 e. The van der Waals surface area contributed by atoms with Gasteiger partial charge in [0.1, 0.15) is 6.04 Å². The number of hydrogen-bond donors (Lipinski definition) is 1. The molecule has 1 heterocycles. The van der Waals surface area contributed by atoms with E-state index in [1.165, 1.54) is 0 Å². The summed E-state index contributed by atoms with van der Waals surface area (Å²) in [4.78, 5) is 25.0. The smallest absolute Gasteiger partial charge is 0.245 e. The molecule has 0 aromatic rings. The minimum absolute atomic E-state index is 0.0884. The average molecular weight is 249 g/mol. The molecule has 0 aromatic heterocycles. The molecule has 1 atom stereocenters. The van der Waals surface area contributed by atoms with E-state index in [2.05, 4.69) is 5.32 Å². The molecule has 0 spiro atoms. The molecule has 0 saturated carbocycles. The molecule has 2 amide bonds. The number of alkyl halides is 1. The van der Waals surface area contributed by atoms with Gasteiger partial charge in [-0.05, 0) is 6.92 Å². The van der Waals surface area contributed by atoms with Crippen molar-refractivity contribution in [1.29, 1.82) is 0 Å². The number of nitrogens with zero attached hydrogens (tertiary/aromatic N) is 1. The van der Waals surface area contributed by atoms with E-state index in [0.717, 1.165) is 0 Å². The Kier molecular flexibility index (Phi) is 5.55. The van der Waals surface area contributed by atoms with Crippen molar-refractivity contribution in [2.24, 2.45) is 0 Å². The van der Waals surface area contributed by atoms with Gasteiger partial charge in [0.2, 0.25) is 11.8 Å². The molecule has 6 heteroatoms. The van der Waals surface area contributed by atoms with Gasteiger partial charge in [-0.15, -0.1) is 11.6 Å². The average Bonchev–Trinajstić information content (AvgIpc) is 2.30. The van der Waals surface area contributed by atoms with Crippen LogP contribution in [0.4, 0.5) is 0 Å². The van der Waals surface area contributed by atoms with E-state index in [0.29, 0.717) is 19.7 Å². The van der Waals surface area contributed by atoms with Gasteiger partial charge in [0, 0.05) is 25.4 Å². The summed E-state index contributed by atoms with van der Waals surface area (Å²) in [6.45, 7) is 3.58. The van der Waals surface area contributed by atoms with Crippen LogP contribution in [0.25, 0.3) is 0 Å². The topological polar surface area (TPSA) is 58.6 Å². The summed E-state index contributed by atoms with van der Waals surface area (Å²) in [6.07, 6.45) is 0.261. The Morgan fingerprint density at radius 3 is 2.94 bits per heavy atom. The molecule has 1 aliphatic rings. The van der Waals surface area contributed by atoms with Crippen LogP contribution in [-0.2, 0) is 14.3 Å². The zero-order chi connectivity index (χ0) is 12.0. The zero-order valence-corrected chi connectivity index (χ0v) is 10.1. The van der Waals surface area contributed by atoms with Crippen molar-refractivity contribution < 1.29 is 14.3 Å². The van der Waals surface area contributed by atoms with Crippen LogP contribution >= 0.6 is 11.6 Å². The second-order valence-corrected chi connectivity index (χ2v) is 3.89. The Bertz CT molecular complexity index is 234. The molecular formula is C10H17ClN2O3. The lowest BCUT2D eigenvalue weighted by Crippen LogP contribution is -2.55. The molecule has 16 heavy (non-hydrogen) atoms. The molecular weight excluding hydrogens is 232 g/mol. The number of morpholine rings is 1. The third kappa shape index (κ3) is 3.35. The third-order valence-corrected chi connectivity index (χ3v) is 2.60. The van der Waals surface area contributed by atoms with E-state index in [1.807, 2.05) is 6.92 Å². The maximum Gasteiger partial charge on any atom is 0.245 e. The van der Waals surface area contributed by atoms with Crippen LogP contribution in [0.2, 0.25) is 0 Å². The fourth-order valence-corrected chi connectivity index (χ4v) is 1.80. The molecule has 92 valence electrons. The van der Waals surface area contributed by atoms with Crippen LogP contribution in [0.1, 0.15) is 13.3 Å². The largest absolute Gasteiger partial charge is 0.377 e. The maximum atomic E-state index is 11.7. The number of nitrogens with one attached hydrogen (secondary N) is 1. The van der Waals surface area contributed by atoms with E-state index < -0.39 is 6.04 Å². The fourth-order valence-electron chi connectivity index (χ4n) is 1.64. The van der Waals surface area contributed by atoms with Crippen molar-refractivity contribution in [3.63, 3.8) is 0 Å². The Labute approximate surface area is 100 Å². The van der Waals surface area contributed by atoms with Gasteiger partial charge in [-0.3, -0.25) is 9.59 Å². The number of halogens is 1. The van der Waals surface area contributed by atoms with Crippen LogP contribution in [0, 0.1) is 0 Å². The van der Waals surface area contributed by atoms with Gasteiger partial charge in [0.15, 0.2) is 0 Å². The SMILES string of the molecule is CCNC(=O)C1COCCN1C(=O)CCCl. The Hall–Kier alpha value is -0.810. The molecule has 0 aromatic carbocycles. The lowest BCUT2D eigenvalue weighted by Gasteiger charge is -2.34. The second-order valence-electron chi connectivity index (χ2n) is 3.51. The van der Waals surface area contributed by atoms with Gasteiger partial charge < -0.3 is 15.0 Å². The first-order chi connectivity index (χ1) is 7.70. The predicted octanol–water partition coefficient (Wildman–Crippen LogP) is -0.0212. The van der Waals surface area contributed by atoms with E-state index >= 15 is 0 Å². The van der Waals surface area contributed by atoms with Crippen LogP contribution in [0.15, 0.2) is 0 Å². The summed E-state index contributed by atoms with van der Waals surface area (Å²) in [5, 5.41) is 2.70. The molecule has 0 aliphatic carbocycles. The van der Waals surface area contributed by atoms with Crippen LogP contribution < -0.4 is 5.32 Å². The number of amides is 2. The number of rotatable bonds is 4. The number of hydrogen-bond acceptors (Lipinski definition) is 3. The number of carbonyl (C=O) groups excluding carboxylic acids is 2. The molecule has 1 saturated heterocycles. The summed E-state index contributed by atoms with van der Waals surface area (Å²) in [5.41, 5.74) is 0. The van der Waals surface area contributed by atoms with Crippen molar-refractivity contribution in [1.82, 2.24) is 10.2 Å². The Morgan fingerprint density at radius 1 is 1.56 bits per heavy atom. The lowest BCUT2D eigenvalue weighted by molar-refractivity contribution is -0.148. The summed E-state index contributed by atoms with van der Waals surface area (Å²) >= 11 is 5.52. The quantitative estimate of drug-likeness (QED) is 0.712. The van der Waals surface area contributed by atoms with Crippen molar-refractivity contribution in [2.45, 2.75) is 19.4 Å². The molecule has 5 nitrogen and oxygen atoms in total. The number of likely N-dealkylation sites (N-methyl/N-ethyl adjacent to an activating group) is 1. The summed E-state index contributed by atoms with van der Waals surface area (Å²) < 4.78 is 5.22. The predicted molar refractivity (Wildman–Crippen MR) is 60.3 cm³/mol. The molecule has 1 fully saturated rings. The summed E-state index contributed by atoms with van der Waals surface area (Å²) in [7, 11) is 0. The van der Waals surface area contributed by atoms with Gasteiger partial charge in [-0.2, -0.15) is 0 Å². The van der Waals surface area contributed by atoms with Gasteiger partial charge >= 0.3 is 0 Å². The van der Waals surface area contributed by atoms with Crippen LogP contribution in [0.3, 0.4) is 0 Å². The monoisotopic (exact) mass is 248 g/mol. The standard InChI is InChI=1S/C10H17ClN2O3/c1-2-12-10(15)8-7-16-6-5-13(8)9(14)3-4-11/h8H,2-7H2,1H3,(H,12,15). The molecule has 1 aliphatic heterocycles. The first-order valence-corrected chi connectivity index (χ1v) is 5.95.